The molecule has 20 heavy (non-hydrogen) atoms. The maximum Gasteiger partial charge on any atom is 0.255 e. The average Bonchev–Trinajstić information content (AvgIpc) is 2.71. The fraction of sp³-hybridized carbons (Fsp3) is 0.733. The predicted octanol–water partition coefficient (Wildman–Crippen LogP) is 2.16. The van der Waals surface area contributed by atoms with Gasteiger partial charge in [-0.15, -0.1) is 0 Å². The van der Waals surface area contributed by atoms with E-state index in [4.69, 9.17) is 5.73 Å². The van der Waals surface area contributed by atoms with Crippen LogP contribution in [0.4, 0.5) is 0 Å². The normalized spacial score (nSPS) is 11.7. The molecule has 0 aliphatic heterocycles. The van der Waals surface area contributed by atoms with Gasteiger partial charge in [-0.2, -0.15) is 5.10 Å². The van der Waals surface area contributed by atoms with E-state index in [9.17, 15) is 4.79 Å². The first kappa shape index (κ1) is 16.7. The minimum atomic E-state index is -0.323. The van der Waals surface area contributed by atoms with Crippen molar-refractivity contribution in [3.05, 3.63) is 17.0 Å². The third-order valence-corrected chi connectivity index (χ3v) is 4.05. The number of rotatable bonds is 7. The number of nitrogens with two attached hydrogens (primary N) is 1. The van der Waals surface area contributed by atoms with Crippen LogP contribution in [0.3, 0.4) is 0 Å². The van der Waals surface area contributed by atoms with Gasteiger partial charge < -0.3 is 11.1 Å². The summed E-state index contributed by atoms with van der Waals surface area (Å²) in [6.07, 6.45) is 2.69. The first-order valence-electron chi connectivity index (χ1n) is 7.49. The largest absolute Gasteiger partial charge is 0.350 e. The molecule has 0 bridgehead atoms. The summed E-state index contributed by atoms with van der Waals surface area (Å²) in [5.74, 6) is -0.0703. The molecule has 0 saturated carbocycles. The van der Waals surface area contributed by atoms with Gasteiger partial charge in [-0.3, -0.25) is 9.48 Å². The molecule has 114 valence electrons. The second-order valence-corrected chi connectivity index (χ2v) is 5.52. The van der Waals surface area contributed by atoms with Crippen molar-refractivity contribution >= 4 is 5.91 Å². The highest BCUT2D eigenvalue weighted by Gasteiger charge is 2.23. The highest BCUT2D eigenvalue weighted by molar-refractivity contribution is 5.96. The van der Waals surface area contributed by atoms with Crippen LogP contribution in [0.2, 0.25) is 0 Å². The van der Waals surface area contributed by atoms with Crippen molar-refractivity contribution in [2.24, 2.45) is 5.73 Å². The van der Waals surface area contributed by atoms with E-state index >= 15 is 0 Å². The maximum atomic E-state index is 12.4. The minimum absolute atomic E-state index is 0.0703. The van der Waals surface area contributed by atoms with Crippen molar-refractivity contribution in [1.29, 1.82) is 0 Å². The zero-order valence-corrected chi connectivity index (χ0v) is 13.4. The molecule has 1 amide bonds. The number of carbonyl (C=O) groups is 1. The predicted molar refractivity (Wildman–Crippen MR) is 81.8 cm³/mol. The van der Waals surface area contributed by atoms with E-state index < -0.39 is 0 Å². The lowest BCUT2D eigenvalue weighted by atomic mass is 9.94. The third kappa shape index (κ3) is 3.60. The molecule has 0 fully saturated rings. The van der Waals surface area contributed by atoms with Gasteiger partial charge in [-0.1, -0.05) is 20.8 Å². The van der Waals surface area contributed by atoms with Crippen LogP contribution in [-0.2, 0) is 6.54 Å². The molecule has 3 N–H and O–H groups in total. The number of hydrogen-bond donors (Lipinski definition) is 2. The molecule has 0 aliphatic rings. The Balaban J connectivity index is 2.83. The van der Waals surface area contributed by atoms with Gasteiger partial charge in [0.2, 0.25) is 0 Å². The Morgan fingerprint density at radius 1 is 1.30 bits per heavy atom. The van der Waals surface area contributed by atoms with Gasteiger partial charge in [-0.25, -0.2) is 0 Å². The topological polar surface area (TPSA) is 72.9 Å². The van der Waals surface area contributed by atoms with Crippen molar-refractivity contribution in [3.63, 3.8) is 0 Å². The van der Waals surface area contributed by atoms with E-state index in [1.165, 1.54) is 0 Å². The van der Waals surface area contributed by atoms with E-state index in [1.54, 1.807) is 0 Å². The molecule has 0 radical (unpaired) electrons. The first-order valence-corrected chi connectivity index (χ1v) is 7.49. The van der Waals surface area contributed by atoms with Gasteiger partial charge in [0.25, 0.3) is 5.91 Å². The average molecular weight is 280 g/mol. The molecule has 1 aromatic heterocycles. The van der Waals surface area contributed by atoms with Crippen molar-refractivity contribution in [2.75, 3.05) is 6.54 Å². The molecule has 0 aromatic carbocycles. The highest BCUT2D eigenvalue weighted by atomic mass is 16.1. The molecule has 5 nitrogen and oxygen atoms in total. The second kappa shape index (κ2) is 6.88. The lowest BCUT2D eigenvalue weighted by molar-refractivity contribution is 0.0941. The Bertz CT molecular complexity index is 461. The summed E-state index contributed by atoms with van der Waals surface area (Å²) in [6, 6.07) is 0. The van der Waals surface area contributed by atoms with Crippen molar-refractivity contribution in [3.8, 4) is 0 Å². The second-order valence-electron chi connectivity index (χ2n) is 5.52. The Kier molecular flexibility index (Phi) is 5.74. The molecule has 0 aliphatic carbocycles. The molecule has 0 atom stereocenters. The standard InChI is InChI=1S/C15H28N4O/c1-6-9-19-12(5)13(11(4)18-19)14(20)17-10-15(16,7-2)8-3/h6-10,16H2,1-5H3,(H,17,20). The monoisotopic (exact) mass is 280 g/mol. The fourth-order valence-electron chi connectivity index (χ4n) is 2.30. The van der Waals surface area contributed by atoms with Gasteiger partial charge >= 0.3 is 0 Å². The van der Waals surface area contributed by atoms with Crippen molar-refractivity contribution < 1.29 is 4.79 Å². The number of amides is 1. The lowest BCUT2D eigenvalue weighted by Crippen LogP contribution is -2.49. The number of aryl methyl sites for hydroxylation is 2. The van der Waals surface area contributed by atoms with Crippen LogP contribution in [0.5, 0.6) is 0 Å². The summed E-state index contributed by atoms with van der Waals surface area (Å²) in [4.78, 5) is 12.4. The maximum absolute atomic E-state index is 12.4. The summed E-state index contributed by atoms with van der Waals surface area (Å²) < 4.78 is 1.90. The molecule has 1 aromatic rings. The SMILES string of the molecule is CCCn1nc(C)c(C(=O)NCC(N)(CC)CC)c1C. The van der Waals surface area contributed by atoms with Gasteiger partial charge in [0, 0.05) is 24.3 Å². The van der Waals surface area contributed by atoms with E-state index in [2.05, 4.69) is 17.3 Å². The zero-order valence-electron chi connectivity index (χ0n) is 13.4. The molecular weight excluding hydrogens is 252 g/mol. The minimum Gasteiger partial charge on any atom is -0.350 e. The molecule has 0 saturated heterocycles. The van der Waals surface area contributed by atoms with Crippen molar-refractivity contribution in [2.45, 2.75) is 66.0 Å². The van der Waals surface area contributed by atoms with Crippen molar-refractivity contribution in [1.82, 2.24) is 15.1 Å². The molecule has 1 heterocycles. The van der Waals surface area contributed by atoms with Crippen LogP contribution in [0, 0.1) is 13.8 Å². The Morgan fingerprint density at radius 3 is 2.40 bits per heavy atom. The Labute approximate surface area is 121 Å². The van der Waals surface area contributed by atoms with Crippen LogP contribution in [0.25, 0.3) is 0 Å². The van der Waals surface area contributed by atoms with Gasteiger partial charge in [-0.05, 0) is 33.1 Å². The fourth-order valence-corrected chi connectivity index (χ4v) is 2.30. The Hall–Kier alpha value is -1.36. The van der Waals surface area contributed by atoms with Crippen LogP contribution >= 0.6 is 0 Å². The van der Waals surface area contributed by atoms with Gasteiger partial charge in [0.1, 0.15) is 0 Å². The number of carbonyl (C=O) groups excluding carboxylic acids is 1. The van der Waals surface area contributed by atoms with E-state index in [1.807, 2.05) is 32.4 Å². The number of nitrogens with one attached hydrogen (secondary N) is 1. The van der Waals surface area contributed by atoms with Crippen LogP contribution in [-0.4, -0.2) is 27.8 Å². The molecule has 0 spiro atoms. The Morgan fingerprint density at radius 2 is 1.90 bits per heavy atom. The van der Waals surface area contributed by atoms with E-state index in [0.29, 0.717) is 12.1 Å². The quantitative estimate of drug-likeness (QED) is 0.804. The summed E-state index contributed by atoms with van der Waals surface area (Å²) >= 11 is 0. The highest BCUT2D eigenvalue weighted by Crippen LogP contribution is 2.15. The number of nitrogens with zero attached hydrogens (tertiary/aromatic N) is 2. The van der Waals surface area contributed by atoms with Crippen LogP contribution in [0.15, 0.2) is 0 Å². The number of aromatic nitrogens is 2. The van der Waals surface area contributed by atoms with Crippen LogP contribution < -0.4 is 11.1 Å². The van der Waals surface area contributed by atoms with Crippen LogP contribution in [0.1, 0.15) is 61.8 Å². The van der Waals surface area contributed by atoms with Gasteiger partial charge in [0.05, 0.1) is 11.3 Å². The number of hydrogen-bond acceptors (Lipinski definition) is 3. The van der Waals surface area contributed by atoms with E-state index in [-0.39, 0.29) is 11.4 Å². The summed E-state index contributed by atoms with van der Waals surface area (Å²) in [6.45, 7) is 11.4. The molecular formula is C15H28N4O. The third-order valence-electron chi connectivity index (χ3n) is 4.05. The molecule has 0 unspecified atom stereocenters. The molecule has 5 heteroatoms. The smallest absolute Gasteiger partial charge is 0.255 e. The van der Waals surface area contributed by atoms with E-state index in [0.717, 1.165) is 37.2 Å². The lowest BCUT2D eigenvalue weighted by Gasteiger charge is -2.26. The first-order chi connectivity index (χ1) is 9.38. The van der Waals surface area contributed by atoms with Gasteiger partial charge in [0.15, 0.2) is 0 Å². The summed E-state index contributed by atoms with van der Waals surface area (Å²) in [5, 5.41) is 7.39. The molecule has 1 rings (SSSR count). The summed E-state index contributed by atoms with van der Waals surface area (Å²) in [5.41, 5.74) is 8.29. The summed E-state index contributed by atoms with van der Waals surface area (Å²) in [7, 11) is 0. The zero-order chi connectivity index (χ0) is 15.3.